The van der Waals surface area contributed by atoms with E-state index in [9.17, 15) is 0 Å². The Morgan fingerprint density at radius 3 is 3.00 bits per heavy atom. The van der Waals surface area contributed by atoms with Gasteiger partial charge in [-0.1, -0.05) is 69.4 Å². The van der Waals surface area contributed by atoms with Crippen LogP contribution >= 0.6 is 11.8 Å². The van der Waals surface area contributed by atoms with Gasteiger partial charge in [-0.05, 0) is 49.0 Å². The lowest BCUT2D eigenvalue weighted by atomic mass is 9.90. The van der Waals surface area contributed by atoms with Crippen molar-refractivity contribution in [1.82, 2.24) is 9.88 Å². The third-order valence-corrected chi connectivity index (χ3v) is 7.93. The van der Waals surface area contributed by atoms with Gasteiger partial charge in [0.1, 0.15) is 0 Å². The second kappa shape index (κ2) is 10.7. The summed E-state index contributed by atoms with van der Waals surface area (Å²) in [6, 6.07) is 9.03. The summed E-state index contributed by atoms with van der Waals surface area (Å²) in [5.41, 5.74) is 6.43. The van der Waals surface area contributed by atoms with Crippen molar-refractivity contribution in [3.05, 3.63) is 71.7 Å². The van der Waals surface area contributed by atoms with E-state index in [-0.39, 0.29) is 6.04 Å². The molecule has 0 amide bonds. The highest BCUT2D eigenvalue weighted by molar-refractivity contribution is 8.00. The molecule has 172 valence electrons. The summed E-state index contributed by atoms with van der Waals surface area (Å²) in [4.78, 5) is 12.5. The summed E-state index contributed by atoms with van der Waals surface area (Å²) >= 11 is 1.96. The summed E-state index contributed by atoms with van der Waals surface area (Å²) in [6.07, 6.45) is 22.7. The predicted molar refractivity (Wildman–Crippen MR) is 143 cm³/mol. The Kier molecular flexibility index (Phi) is 7.30. The highest BCUT2D eigenvalue weighted by Crippen LogP contribution is 2.34. The van der Waals surface area contributed by atoms with E-state index in [1.807, 2.05) is 18.0 Å². The molecule has 3 heterocycles. The van der Waals surface area contributed by atoms with Crippen molar-refractivity contribution in [2.75, 3.05) is 11.6 Å². The summed E-state index contributed by atoms with van der Waals surface area (Å²) < 4.78 is 0. The van der Waals surface area contributed by atoms with E-state index in [1.54, 1.807) is 0 Å². The van der Waals surface area contributed by atoms with Gasteiger partial charge in [0, 0.05) is 34.6 Å². The lowest BCUT2D eigenvalue weighted by molar-refractivity contribution is 0.422. The van der Waals surface area contributed by atoms with E-state index >= 15 is 0 Å². The van der Waals surface area contributed by atoms with Gasteiger partial charge in [0.15, 0.2) is 0 Å². The molecule has 3 aliphatic rings. The first kappa shape index (κ1) is 22.5. The highest BCUT2D eigenvalue weighted by Gasteiger charge is 2.29. The summed E-state index contributed by atoms with van der Waals surface area (Å²) in [7, 11) is 0. The van der Waals surface area contributed by atoms with Crippen molar-refractivity contribution in [2.45, 2.75) is 70.8 Å². The topological polar surface area (TPSA) is 28.5 Å². The fourth-order valence-corrected chi connectivity index (χ4v) is 6.05. The van der Waals surface area contributed by atoms with Crippen LogP contribution < -0.4 is 0 Å². The van der Waals surface area contributed by atoms with Crippen molar-refractivity contribution >= 4 is 33.9 Å². The zero-order valence-corrected chi connectivity index (χ0v) is 20.6. The number of hydrogen-bond acceptors (Lipinski definition) is 4. The van der Waals surface area contributed by atoms with Crippen molar-refractivity contribution in [3.8, 4) is 0 Å². The summed E-state index contributed by atoms with van der Waals surface area (Å²) in [5.74, 6) is 2.03. The van der Waals surface area contributed by atoms with E-state index in [0.717, 1.165) is 36.6 Å². The first-order valence-corrected chi connectivity index (χ1v) is 13.9. The summed E-state index contributed by atoms with van der Waals surface area (Å²) in [6.45, 7) is 2.27. The number of aliphatic imine (C=N–C) groups is 1. The Labute approximate surface area is 202 Å². The molecule has 3 nitrogen and oxygen atoms in total. The molecular formula is C29H35N3S. The molecule has 33 heavy (non-hydrogen) atoms. The maximum absolute atomic E-state index is 5.27. The molecule has 1 unspecified atom stereocenters. The Morgan fingerprint density at radius 2 is 2.06 bits per heavy atom. The normalized spacial score (nSPS) is 21.1. The van der Waals surface area contributed by atoms with Gasteiger partial charge >= 0.3 is 0 Å². The number of aromatic nitrogens is 1. The lowest BCUT2D eigenvalue weighted by Gasteiger charge is -2.38. The van der Waals surface area contributed by atoms with Crippen molar-refractivity contribution in [2.24, 2.45) is 4.99 Å². The molecule has 1 saturated heterocycles. The van der Waals surface area contributed by atoms with Gasteiger partial charge in [-0.25, -0.2) is 0 Å². The monoisotopic (exact) mass is 457 g/mol. The highest BCUT2D eigenvalue weighted by atomic mass is 32.2. The standard InChI is InChI=1S/C29H35N3S/c1-2-3-4-5-6-7-14-25-17-26-23(18-30-25)13-10-15-27(26)31-28-20-33-21-32-19-24-12-9-8-11-22(24)16-29(28)32/h9-10,12-13,15-19,29H,2-8,11,14,20-21H2,1H3. The molecule has 2 aromatic rings. The zero-order valence-electron chi connectivity index (χ0n) is 19.8. The Balaban J connectivity index is 1.37. The van der Waals surface area contributed by atoms with Gasteiger partial charge < -0.3 is 4.90 Å². The molecule has 2 aliphatic heterocycles. The molecule has 0 N–H and O–H groups in total. The van der Waals surface area contributed by atoms with Crippen LogP contribution in [-0.4, -0.2) is 33.3 Å². The Hall–Kier alpha value is -2.33. The van der Waals surface area contributed by atoms with Gasteiger partial charge in [0.2, 0.25) is 0 Å². The number of fused-ring (bicyclic) bond motifs is 3. The fourth-order valence-electron chi connectivity index (χ4n) is 5.07. The quantitative estimate of drug-likeness (QED) is 0.379. The number of aryl methyl sites for hydroxylation is 1. The van der Waals surface area contributed by atoms with Gasteiger partial charge in [-0.2, -0.15) is 0 Å². The van der Waals surface area contributed by atoms with Crippen molar-refractivity contribution < 1.29 is 0 Å². The van der Waals surface area contributed by atoms with E-state index in [2.05, 4.69) is 60.5 Å². The first-order valence-electron chi connectivity index (χ1n) is 12.7. The van der Waals surface area contributed by atoms with Crippen LogP contribution in [0.3, 0.4) is 0 Å². The maximum Gasteiger partial charge on any atom is 0.0875 e. The van der Waals surface area contributed by atoms with Gasteiger partial charge in [-0.15, -0.1) is 11.8 Å². The number of thioether (sulfide) groups is 1. The fraction of sp³-hybridized carbons (Fsp3) is 0.448. The minimum atomic E-state index is 0.288. The molecule has 1 atom stereocenters. The SMILES string of the molecule is CCCCCCCCc1cc2c(N=C3CSCN4C=C5C=CCCC5=CC34)cccc2cn1. The number of allylic oxidation sites excluding steroid dienone is 4. The number of benzene rings is 1. The average Bonchev–Trinajstić information content (AvgIpc) is 2.85. The Bertz CT molecular complexity index is 1110. The van der Waals surface area contributed by atoms with Crippen LogP contribution in [0.4, 0.5) is 5.69 Å². The number of nitrogens with zero attached hydrogens (tertiary/aromatic N) is 3. The van der Waals surface area contributed by atoms with Crippen LogP contribution in [0.1, 0.15) is 64.0 Å². The first-order chi connectivity index (χ1) is 16.3. The molecule has 0 saturated carbocycles. The molecule has 1 fully saturated rings. The third-order valence-electron chi connectivity index (χ3n) is 6.95. The summed E-state index contributed by atoms with van der Waals surface area (Å²) in [5, 5.41) is 2.42. The van der Waals surface area contributed by atoms with Crippen LogP contribution in [0.15, 0.2) is 71.0 Å². The molecule has 0 radical (unpaired) electrons. The minimum Gasteiger partial charge on any atom is -0.356 e. The molecule has 1 aromatic carbocycles. The lowest BCUT2D eigenvalue weighted by Crippen LogP contribution is -2.43. The number of unbranched alkanes of at least 4 members (excludes halogenated alkanes) is 5. The average molecular weight is 458 g/mol. The predicted octanol–water partition coefficient (Wildman–Crippen LogP) is 7.76. The third kappa shape index (κ3) is 5.27. The van der Waals surface area contributed by atoms with Crippen LogP contribution in [0.2, 0.25) is 0 Å². The van der Waals surface area contributed by atoms with E-state index in [0.29, 0.717) is 0 Å². The molecule has 5 rings (SSSR count). The van der Waals surface area contributed by atoms with Gasteiger partial charge in [-0.3, -0.25) is 9.98 Å². The molecule has 0 bridgehead atoms. The zero-order chi connectivity index (χ0) is 22.5. The number of rotatable bonds is 8. The number of hydrogen-bond donors (Lipinski definition) is 0. The van der Waals surface area contributed by atoms with Crippen LogP contribution in [0.25, 0.3) is 10.8 Å². The van der Waals surface area contributed by atoms with Crippen molar-refractivity contribution in [1.29, 1.82) is 0 Å². The van der Waals surface area contributed by atoms with E-state index < -0.39 is 0 Å². The maximum atomic E-state index is 5.27. The molecule has 0 spiro atoms. The van der Waals surface area contributed by atoms with Gasteiger partial charge in [0.05, 0.1) is 23.3 Å². The van der Waals surface area contributed by atoms with Crippen molar-refractivity contribution in [3.63, 3.8) is 0 Å². The van der Waals surface area contributed by atoms with E-state index in [1.165, 1.54) is 71.8 Å². The molecule has 4 heteroatoms. The molecule has 1 aromatic heterocycles. The van der Waals surface area contributed by atoms with E-state index in [4.69, 9.17) is 9.98 Å². The second-order valence-corrected chi connectivity index (χ2v) is 10.4. The smallest absolute Gasteiger partial charge is 0.0875 e. The Morgan fingerprint density at radius 1 is 1.15 bits per heavy atom. The molecule has 1 aliphatic carbocycles. The second-order valence-electron chi connectivity index (χ2n) is 9.45. The van der Waals surface area contributed by atoms with Crippen LogP contribution in [0, 0.1) is 0 Å². The largest absolute Gasteiger partial charge is 0.356 e. The number of pyridine rings is 1. The van der Waals surface area contributed by atoms with Crippen LogP contribution in [0.5, 0.6) is 0 Å². The van der Waals surface area contributed by atoms with Crippen LogP contribution in [-0.2, 0) is 6.42 Å². The minimum absolute atomic E-state index is 0.288. The molecular weight excluding hydrogens is 422 g/mol. The van der Waals surface area contributed by atoms with Gasteiger partial charge in [0.25, 0.3) is 0 Å².